The highest BCUT2D eigenvalue weighted by molar-refractivity contribution is 7.15. The number of nitrogens with zero attached hydrogens (tertiary/aromatic N) is 5. The average Bonchev–Trinajstić information content (AvgIpc) is 3.22. The quantitative estimate of drug-likeness (QED) is 0.507. The number of amides is 2. The molecule has 1 saturated heterocycles. The summed E-state index contributed by atoms with van der Waals surface area (Å²) >= 11 is 1.52. The summed E-state index contributed by atoms with van der Waals surface area (Å²) < 4.78 is 1.64. The van der Waals surface area contributed by atoms with Gasteiger partial charge in [-0.05, 0) is 23.8 Å². The number of carbonyl (C=O) groups excluding carboxylic acids is 2. The van der Waals surface area contributed by atoms with E-state index >= 15 is 0 Å². The highest BCUT2D eigenvalue weighted by Gasteiger charge is 2.45. The smallest absolute Gasteiger partial charge is 0.248 e. The molecule has 1 aromatic carbocycles. The molecule has 0 spiro atoms. The maximum absolute atomic E-state index is 13.8. The zero-order valence-corrected chi connectivity index (χ0v) is 21.6. The molecule has 2 N–H and O–H groups in total. The number of nitrogens with one attached hydrogen (secondary N) is 1. The van der Waals surface area contributed by atoms with Crippen molar-refractivity contribution in [3.05, 3.63) is 53.4 Å². The largest absolute Gasteiger partial charge is 0.391 e. The van der Waals surface area contributed by atoms with Crippen molar-refractivity contribution in [2.75, 3.05) is 6.54 Å². The molecule has 0 radical (unpaired) electrons. The van der Waals surface area contributed by atoms with E-state index in [4.69, 9.17) is 0 Å². The maximum Gasteiger partial charge on any atom is 0.248 e. The molecule has 2 aromatic heterocycles. The van der Waals surface area contributed by atoms with Gasteiger partial charge in [-0.2, -0.15) is 0 Å². The second-order valence-corrected chi connectivity index (χ2v) is 11.9. The number of rotatable bonds is 7. The minimum Gasteiger partial charge on any atom is -0.391 e. The van der Waals surface area contributed by atoms with E-state index < -0.39 is 23.6 Å². The summed E-state index contributed by atoms with van der Waals surface area (Å²) in [6.45, 7) is 6.30. The Morgan fingerprint density at radius 3 is 2.67 bits per heavy atom. The molecule has 36 heavy (non-hydrogen) atoms. The SMILES string of the molecule is CC(C)(C)[C@@H](C(=O)N1C[C@H](O)C[C@H]1C(=O)NCc1ncc(-c2ccccc2)s1)n1cc(C2CC2)nn1. The van der Waals surface area contributed by atoms with Crippen LogP contribution in [0, 0.1) is 5.41 Å². The molecule has 0 unspecified atom stereocenters. The zero-order chi connectivity index (χ0) is 25.4. The number of likely N-dealkylation sites (tertiary alicyclic amines) is 1. The summed E-state index contributed by atoms with van der Waals surface area (Å²) in [4.78, 5) is 34.0. The summed E-state index contributed by atoms with van der Waals surface area (Å²) in [5, 5.41) is 22.7. The van der Waals surface area contributed by atoms with Crippen molar-refractivity contribution in [3.8, 4) is 10.4 Å². The molecule has 2 fully saturated rings. The lowest BCUT2D eigenvalue weighted by Gasteiger charge is -2.34. The molecule has 3 aromatic rings. The lowest BCUT2D eigenvalue weighted by atomic mass is 9.85. The average molecular weight is 509 g/mol. The highest BCUT2D eigenvalue weighted by Crippen LogP contribution is 2.40. The molecule has 1 aliphatic carbocycles. The summed E-state index contributed by atoms with van der Waals surface area (Å²) in [7, 11) is 0. The van der Waals surface area contributed by atoms with Gasteiger partial charge in [-0.3, -0.25) is 9.59 Å². The topological polar surface area (TPSA) is 113 Å². The van der Waals surface area contributed by atoms with Gasteiger partial charge in [0.25, 0.3) is 0 Å². The Bertz CT molecular complexity index is 1230. The summed E-state index contributed by atoms with van der Waals surface area (Å²) in [6.07, 6.45) is 5.30. The van der Waals surface area contributed by atoms with Crippen molar-refractivity contribution >= 4 is 23.2 Å². The number of thiazole rings is 1. The van der Waals surface area contributed by atoms with Crippen LogP contribution in [0.15, 0.2) is 42.7 Å². The normalized spacial score (nSPS) is 20.9. The minimum atomic E-state index is -0.757. The molecule has 2 amide bonds. The van der Waals surface area contributed by atoms with Gasteiger partial charge < -0.3 is 15.3 Å². The minimum absolute atomic E-state index is 0.114. The van der Waals surface area contributed by atoms with Crippen molar-refractivity contribution in [1.82, 2.24) is 30.2 Å². The fourth-order valence-corrected chi connectivity index (χ4v) is 5.60. The molecule has 3 heterocycles. The van der Waals surface area contributed by atoms with Gasteiger partial charge in [0.15, 0.2) is 0 Å². The van der Waals surface area contributed by atoms with Crippen molar-refractivity contribution in [3.63, 3.8) is 0 Å². The van der Waals surface area contributed by atoms with Crippen LogP contribution in [0.2, 0.25) is 0 Å². The number of aliphatic hydroxyl groups excluding tert-OH is 1. The second kappa shape index (κ2) is 9.74. The van der Waals surface area contributed by atoms with Crippen LogP contribution in [0.4, 0.5) is 0 Å². The van der Waals surface area contributed by atoms with Gasteiger partial charge in [0, 0.05) is 31.3 Å². The van der Waals surface area contributed by atoms with Gasteiger partial charge in [-0.15, -0.1) is 16.4 Å². The van der Waals surface area contributed by atoms with Gasteiger partial charge in [0.05, 0.1) is 23.2 Å². The van der Waals surface area contributed by atoms with Gasteiger partial charge in [0.2, 0.25) is 11.8 Å². The van der Waals surface area contributed by atoms with Gasteiger partial charge in [0.1, 0.15) is 17.1 Å². The molecule has 0 bridgehead atoms. The number of benzene rings is 1. The Balaban J connectivity index is 1.29. The Morgan fingerprint density at radius 1 is 1.22 bits per heavy atom. The number of aliphatic hydroxyl groups is 1. The van der Waals surface area contributed by atoms with Crippen LogP contribution < -0.4 is 5.32 Å². The Morgan fingerprint density at radius 2 is 1.97 bits per heavy atom. The molecule has 1 saturated carbocycles. The molecule has 3 atom stereocenters. The first-order valence-electron chi connectivity index (χ1n) is 12.4. The van der Waals surface area contributed by atoms with Crippen LogP contribution in [0.25, 0.3) is 10.4 Å². The van der Waals surface area contributed by atoms with Crippen molar-refractivity contribution in [2.24, 2.45) is 5.41 Å². The molecule has 5 rings (SSSR count). The first-order valence-corrected chi connectivity index (χ1v) is 13.2. The Labute approximate surface area is 214 Å². The number of β-amino-alcohol motifs (C(OH)–C–C–N with tert-alkyl or cyclic N) is 1. The predicted molar refractivity (Wildman–Crippen MR) is 136 cm³/mol. The van der Waals surface area contributed by atoms with Crippen LogP contribution in [0.3, 0.4) is 0 Å². The summed E-state index contributed by atoms with van der Waals surface area (Å²) in [5.74, 6) is -0.0942. The maximum atomic E-state index is 13.8. The van der Waals surface area contributed by atoms with Crippen molar-refractivity contribution in [2.45, 2.75) is 70.7 Å². The molecule has 190 valence electrons. The van der Waals surface area contributed by atoms with E-state index in [9.17, 15) is 14.7 Å². The third-order valence-corrected chi connectivity index (χ3v) is 7.78. The van der Waals surface area contributed by atoms with E-state index in [1.54, 1.807) is 10.9 Å². The molecular weight excluding hydrogens is 476 g/mol. The first-order chi connectivity index (χ1) is 17.2. The third kappa shape index (κ3) is 5.19. The zero-order valence-electron chi connectivity index (χ0n) is 20.8. The van der Waals surface area contributed by atoms with E-state index in [1.807, 2.05) is 57.3 Å². The van der Waals surface area contributed by atoms with Crippen molar-refractivity contribution in [1.29, 1.82) is 0 Å². The van der Waals surface area contributed by atoms with Crippen LogP contribution in [-0.4, -0.2) is 60.5 Å². The fraction of sp³-hybridized carbons (Fsp3) is 0.500. The molecule has 9 nitrogen and oxygen atoms in total. The number of aromatic nitrogens is 4. The summed E-state index contributed by atoms with van der Waals surface area (Å²) in [5.41, 5.74) is 1.52. The Kier molecular flexibility index (Phi) is 6.65. The molecular formula is C26H32N6O3S. The Hall–Kier alpha value is -3.11. The van der Waals surface area contributed by atoms with Gasteiger partial charge in [-0.25, -0.2) is 9.67 Å². The number of hydrogen-bond donors (Lipinski definition) is 2. The van der Waals surface area contributed by atoms with Gasteiger partial charge >= 0.3 is 0 Å². The number of carbonyl (C=O) groups is 2. The van der Waals surface area contributed by atoms with Crippen LogP contribution in [0.1, 0.15) is 62.7 Å². The van der Waals surface area contributed by atoms with E-state index in [2.05, 4.69) is 20.6 Å². The third-order valence-electron chi connectivity index (χ3n) is 6.73. The highest BCUT2D eigenvalue weighted by atomic mass is 32.1. The molecule has 10 heteroatoms. The van der Waals surface area contributed by atoms with Crippen LogP contribution >= 0.6 is 11.3 Å². The molecule has 1 aliphatic heterocycles. The van der Waals surface area contributed by atoms with E-state index in [-0.39, 0.29) is 31.3 Å². The van der Waals surface area contributed by atoms with E-state index in [0.717, 1.165) is 34.0 Å². The first kappa shape index (κ1) is 24.6. The monoisotopic (exact) mass is 508 g/mol. The lowest BCUT2D eigenvalue weighted by molar-refractivity contribution is -0.144. The second-order valence-electron chi connectivity index (χ2n) is 10.8. The van der Waals surface area contributed by atoms with Gasteiger partial charge in [-0.1, -0.05) is 56.3 Å². The summed E-state index contributed by atoms with van der Waals surface area (Å²) in [6, 6.07) is 8.58. The van der Waals surface area contributed by atoms with Crippen LogP contribution in [0.5, 0.6) is 0 Å². The predicted octanol–water partition coefficient (Wildman–Crippen LogP) is 3.14. The van der Waals surface area contributed by atoms with E-state index in [1.165, 1.54) is 16.2 Å². The van der Waals surface area contributed by atoms with E-state index in [0.29, 0.717) is 5.92 Å². The van der Waals surface area contributed by atoms with Crippen LogP contribution in [-0.2, 0) is 16.1 Å². The standard InChI is InChI=1S/C26H32N6O3S/c1-26(2,3)23(32-15-19(29-30-32)16-9-10-16)25(35)31-14-18(33)11-20(31)24(34)28-13-22-27-12-21(36-22)17-7-5-4-6-8-17/h4-8,12,15-16,18,20,23,33H,9-11,13-14H2,1-3H3,(H,28,34)/t18-,20+,23-/m1/s1. The van der Waals surface area contributed by atoms with Crippen molar-refractivity contribution < 1.29 is 14.7 Å². The fourth-order valence-electron chi connectivity index (χ4n) is 4.73. The lowest BCUT2D eigenvalue weighted by Crippen LogP contribution is -2.50. The number of hydrogen-bond acceptors (Lipinski definition) is 7. The molecule has 2 aliphatic rings.